The van der Waals surface area contributed by atoms with Crippen LogP contribution in [0.3, 0.4) is 0 Å². The fourth-order valence-corrected chi connectivity index (χ4v) is 5.70. The molecule has 0 saturated carbocycles. The van der Waals surface area contributed by atoms with E-state index in [1.807, 2.05) is 0 Å². The van der Waals surface area contributed by atoms with Gasteiger partial charge >= 0.3 is 7.82 Å². The highest BCUT2D eigenvalue weighted by molar-refractivity contribution is 7.47. The van der Waals surface area contributed by atoms with Gasteiger partial charge in [0, 0.05) is 0 Å². The van der Waals surface area contributed by atoms with Crippen molar-refractivity contribution in [2.45, 2.75) is 49.1 Å². The molecule has 4 aromatic rings. The number of phosphoric acid groups is 1. The molecular weight excluding hydrogens is 571 g/mol. The highest BCUT2D eigenvalue weighted by Gasteiger charge is 2.50. The van der Waals surface area contributed by atoms with Crippen LogP contribution in [0.5, 0.6) is 0 Å². The van der Waals surface area contributed by atoms with Crippen LogP contribution in [0.1, 0.15) is 12.5 Å². The molecule has 6 unspecified atom stereocenters. The van der Waals surface area contributed by atoms with Crippen LogP contribution in [-0.2, 0) is 23.1 Å². The Bertz CT molecular complexity index is 1620. The first kappa shape index (κ1) is 27.7. The summed E-state index contributed by atoms with van der Waals surface area (Å²) < 4.78 is 37.3. The van der Waals surface area contributed by atoms with Gasteiger partial charge in [-0.3, -0.25) is 18.2 Å². The third kappa shape index (κ3) is 4.78. The third-order valence-electron chi connectivity index (χ3n) is 6.81. The van der Waals surface area contributed by atoms with Crippen molar-refractivity contribution in [1.29, 1.82) is 0 Å². The zero-order valence-corrected chi connectivity index (χ0v) is 21.7. The van der Waals surface area contributed by atoms with E-state index in [9.17, 15) is 29.9 Å². The van der Waals surface area contributed by atoms with Crippen LogP contribution >= 0.6 is 7.82 Å². The van der Waals surface area contributed by atoms with Gasteiger partial charge in [0.15, 0.2) is 35.4 Å². The topological polar surface area (TPSA) is 294 Å². The normalized spacial score (nSPS) is 31.7. The summed E-state index contributed by atoms with van der Waals surface area (Å²) in [6.07, 6.45) is -6.23. The van der Waals surface area contributed by atoms with Gasteiger partial charge < -0.3 is 46.3 Å². The van der Waals surface area contributed by atoms with Crippen LogP contribution in [-0.4, -0.2) is 114 Å². The lowest BCUT2D eigenvalue weighted by molar-refractivity contribution is -0.0616. The second-order valence-electron chi connectivity index (χ2n) is 9.28. The third-order valence-corrected chi connectivity index (χ3v) is 7.79. The number of phosphoric ester groups is 1. The predicted molar refractivity (Wildman–Crippen MR) is 133 cm³/mol. The summed E-state index contributed by atoms with van der Waals surface area (Å²) in [7, 11) is -4.99. The summed E-state index contributed by atoms with van der Waals surface area (Å²) in [4.78, 5) is 34.6. The zero-order chi connectivity index (χ0) is 29.1. The lowest BCUT2D eigenvalue weighted by Gasteiger charge is -2.24. The highest BCUT2D eigenvalue weighted by Crippen LogP contribution is 2.50. The molecule has 2 saturated heterocycles. The SMILES string of the molecule is Nc1ncnc2c1ncn2C1OC(CO)C(O)C1OP(=O)(O)OC[C@H]1OC(n2cnc3c(N)ncnc32)[C@H](O)[C@@H]1O. The minimum Gasteiger partial charge on any atom is -0.394 e. The number of imidazole rings is 2. The molecule has 2 fully saturated rings. The molecule has 220 valence electrons. The maximum absolute atomic E-state index is 13.0. The summed E-state index contributed by atoms with van der Waals surface area (Å²) >= 11 is 0. The summed E-state index contributed by atoms with van der Waals surface area (Å²) in [5.41, 5.74) is 12.5. The fraction of sp³-hybridized carbons (Fsp3) is 0.500. The summed E-state index contributed by atoms with van der Waals surface area (Å²) in [6.45, 7) is -1.35. The van der Waals surface area contributed by atoms with Crippen LogP contribution < -0.4 is 11.5 Å². The smallest absolute Gasteiger partial charge is 0.394 e. The number of aliphatic hydroxyl groups is 4. The van der Waals surface area contributed by atoms with Gasteiger partial charge in [0.2, 0.25) is 0 Å². The largest absolute Gasteiger partial charge is 0.472 e. The molecule has 0 aliphatic carbocycles. The second-order valence-corrected chi connectivity index (χ2v) is 10.7. The molecule has 6 heterocycles. The number of nitrogens with two attached hydrogens (primary N) is 2. The average molecular weight is 596 g/mol. The number of aromatic nitrogens is 8. The van der Waals surface area contributed by atoms with E-state index in [-0.39, 0.29) is 34.0 Å². The maximum Gasteiger partial charge on any atom is 0.472 e. The molecule has 21 heteroatoms. The monoisotopic (exact) mass is 596 g/mol. The Morgan fingerprint density at radius 3 is 1.98 bits per heavy atom. The molecule has 2 aliphatic rings. The van der Waals surface area contributed by atoms with Crippen molar-refractivity contribution in [3.63, 3.8) is 0 Å². The summed E-state index contributed by atoms with van der Waals surface area (Å²) in [6, 6.07) is 0. The number of nitrogens with zero attached hydrogens (tertiary/aromatic N) is 8. The molecular formula is C20H25N10O10P. The van der Waals surface area contributed by atoms with E-state index in [4.69, 9.17) is 30.0 Å². The number of ether oxygens (including phenoxy) is 2. The van der Waals surface area contributed by atoms with Crippen LogP contribution in [0.4, 0.5) is 11.6 Å². The van der Waals surface area contributed by atoms with Gasteiger partial charge in [-0.2, -0.15) is 0 Å². The number of aliphatic hydroxyl groups excluding tert-OH is 4. The molecule has 0 bridgehead atoms. The van der Waals surface area contributed by atoms with Crippen molar-refractivity contribution in [2.24, 2.45) is 0 Å². The highest BCUT2D eigenvalue weighted by atomic mass is 31.2. The van der Waals surface area contributed by atoms with Gasteiger partial charge in [0.1, 0.15) is 60.3 Å². The first-order valence-electron chi connectivity index (χ1n) is 12.1. The van der Waals surface area contributed by atoms with E-state index in [0.717, 1.165) is 0 Å². The number of fused-ring (bicyclic) bond motifs is 2. The second kappa shape index (κ2) is 10.4. The lowest BCUT2D eigenvalue weighted by atomic mass is 10.1. The Morgan fingerprint density at radius 2 is 1.39 bits per heavy atom. The summed E-state index contributed by atoms with van der Waals surface area (Å²) in [5.74, 6) is 0.161. The Hall–Kier alpha value is -3.43. The van der Waals surface area contributed by atoms with Gasteiger partial charge in [0.25, 0.3) is 0 Å². The van der Waals surface area contributed by atoms with E-state index in [1.54, 1.807) is 0 Å². The molecule has 0 aromatic carbocycles. The number of rotatable bonds is 8. The standard InChI is InChI=1S/C20H25N10O10P/c21-15-9-17(25-3-23-15)29(5-27-9)19-13(34)11(32)8(39-19)2-37-41(35,36)40-14-12(33)7(1-31)38-20(14)30-6-28-10-16(22)24-4-26-18(10)30/h3-8,11-14,19-20,31-34H,1-2H2,(H,35,36)(H2,21,23,25)(H2,22,24,26)/t7?,8-,11-,12?,13-,14?,19?,20?/m1/s1. The molecule has 4 aromatic heterocycles. The van der Waals surface area contributed by atoms with Crippen molar-refractivity contribution in [1.82, 2.24) is 39.0 Å². The van der Waals surface area contributed by atoms with Crippen LogP contribution in [0, 0.1) is 0 Å². The number of hydrogen-bond acceptors (Lipinski definition) is 17. The maximum atomic E-state index is 13.0. The van der Waals surface area contributed by atoms with Crippen molar-refractivity contribution < 1.29 is 48.4 Å². The van der Waals surface area contributed by atoms with Crippen LogP contribution in [0.25, 0.3) is 22.3 Å². The van der Waals surface area contributed by atoms with Gasteiger partial charge in [-0.25, -0.2) is 34.5 Å². The summed E-state index contributed by atoms with van der Waals surface area (Å²) in [5, 5.41) is 41.5. The molecule has 41 heavy (non-hydrogen) atoms. The number of hydrogen-bond donors (Lipinski definition) is 7. The molecule has 0 amide bonds. The Labute approximate surface area is 228 Å². The van der Waals surface area contributed by atoms with E-state index in [2.05, 4.69) is 29.9 Å². The Kier molecular flexibility index (Phi) is 7.06. The van der Waals surface area contributed by atoms with Gasteiger partial charge in [-0.15, -0.1) is 0 Å². The molecule has 9 N–H and O–H groups in total. The van der Waals surface area contributed by atoms with Gasteiger partial charge in [-0.1, -0.05) is 0 Å². The first-order chi connectivity index (χ1) is 19.6. The van der Waals surface area contributed by atoms with Crippen molar-refractivity contribution in [3.05, 3.63) is 25.3 Å². The van der Waals surface area contributed by atoms with Crippen LogP contribution in [0.15, 0.2) is 25.3 Å². The average Bonchev–Trinajstić information content (AvgIpc) is 3.70. The van der Waals surface area contributed by atoms with Gasteiger partial charge in [0.05, 0.1) is 25.9 Å². The van der Waals surface area contributed by atoms with Crippen LogP contribution in [0.2, 0.25) is 0 Å². The Balaban J connectivity index is 1.18. The fourth-order valence-electron chi connectivity index (χ4n) is 4.77. The Morgan fingerprint density at radius 1 is 0.829 bits per heavy atom. The van der Waals surface area contributed by atoms with E-state index >= 15 is 0 Å². The van der Waals surface area contributed by atoms with E-state index < -0.39 is 70.1 Å². The molecule has 9 atom stereocenters. The molecule has 6 rings (SSSR count). The van der Waals surface area contributed by atoms with Crippen molar-refractivity contribution in [3.8, 4) is 0 Å². The predicted octanol–water partition coefficient (Wildman–Crippen LogP) is -2.80. The zero-order valence-electron chi connectivity index (χ0n) is 20.8. The number of anilines is 2. The molecule has 20 nitrogen and oxygen atoms in total. The first-order valence-corrected chi connectivity index (χ1v) is 13.6. The lowest BCUT2D eigenvalue weighted by Crippen LogP contribution is -2.36. The quantitative estimate of drug-likeness (QED) is 0.101. The van der Waals surface area contributed by atoms with E-state index in [1.165, 1.54) is 34.4 Å². The van der Waals surface area contributed by atoms with Crippen molar-refractivity contribution >= 4 is 41.8 Å². The number of nitrogen functional groups attached to an aromatic ring is 2. The molecule has 0 spiro atoms. The minimum atomic E-state index is -4.99. The van der Waals surface area contributed by atoms with Gasteiger partial charge in [-0.05, 0) is 0 Å². The molecule has 2 aliphatic heterocycles. The van der Waals surface area contributed by atoms with E-state index in [0.29, 0.717) is 0 Å². The minimum absolute atomic E-state index is 0.0647. The molecule has 0 radical (unpaired) electrons. The van der Waals surface area contributed by atoms with Crippen molar-refractivity contribution in [2.75, 3.05) is 24.7 Å².